The Labute approximate surface area is 111 Å². The molecule has 0 saturated carbocycles. The molecule has 1 aromatic carbocycles. The maximum atomic E-state index is 13.3. The molecule has 2 nitrogen and oxygen atoms in total. The highest BCUT2D eigenvalue weighted by Crippen LogP contribution is 2.28. The number of nitrogens with zero attached hydrogens (tertiary/aromatic N) is 1. The van der Waals surface area contributed by atoms with Crippen molar-refractivity contribution in [2.75, 3.05) is 25.1 Å². The lowest BCUT2D eigenvalue weighted by Gasteiger charge is -2.32. The van der Waals surface area contributed by atoms with Gasteiger partial charge in [0.1, 0.15) is 11.6 Å². The molecule has 1 aliphatic heterocycles. The number of rotatable bonds is 4. The Morgan fingerprint density at radius 1 is 1.39 bits per heavy atom. The SMILES string of the molecule is CN(C1CCSC1)C(CN)c1cc(F)cc(F)c1. The number of benzene rings is 1. The van der Waals surface area contributed by atoms with Gasteiger partial charge in [-0.3, -0.25) is 4.90 Å². The van der Waals surface area contributed by atoms with Gasteiger partial charge in [-0.2, -0.15) is 11.8 Å². The van der Waals surface area contributed by atoms with Gasteiger partial charge >= 0.3 is 0 Å². The summed E-state index contributed by atoms with van der Waals surface area (Å²) < 4.78 is 26.5. The predicted octanol–water partition coefficient (Wildman–Crippen LogP) is 2.40. The molecule has 2 unspecified atom stereocenters. The van der Waals surface area contributed by atoms with Gasteiger partial charge in [0.05, 0.1) is 0 Å². The molecular weight excluding hydrogens is 254 g/mol. The molecule has 0 aromatic heterocycles. The standard InChI is InChI=1S/C13H18F2N2S/c1-17(12-2-3-18-8-12)13(7-16)9-4-10(14)6-11(15)5-9/h4-6,12-13H,2-3,7-8,16H2,1H3. The average Bonchev–Trinajstić information content (AvgIpc) is 2.81. The lowest BCUT2D eigenvalue weighted by Crippen LogP contribution is -2.38. The molecule has 0 amide bonds. The van der Waals surface area contributed by atoms with Crippen LogP contribution < -0.4 is 5.73 Å². The predicted molar refractivity (Wildman–Crippen MR) is 71.6 cm³/mol. The van der Waals surface area contributed by atoms with Crippen LogP contribution in [0.25, 0.3) is 0 Å². The molecule has 18 heavy (non-hydrogen) atoms. The molecule has 2 N–H and O–H groups in total. The van der Waals surface area contributed by atoms with Gasteiger partial charge in [0.15, 0.2) is 0 Å². The Kier molecular flexibility index (Phi) is 4.59. The lowest BCUT2D eigenvalue weighted by molar-refractivity contribution is 0.192. The van der Waals surface area contributed by atoms with Crippen LogP contribution in [0.3, 0.4) is 0 Å². The van der Waals surface area contributed by atoms with Crippen molar-refractivity contribution >= 4 is 11.8 Å². The van der Waals surface area contributed by atoms with Crippen molar-refractivity contribution in [3.05, 3.63) is 35.4 Å². The van der Waals surface area contributed by atoms with Crippen molar-refractivity contribution in [3.8, 4) is 0 Å². The van der Waals surface area contributed by atoms with E-state index in [0.29, 0.717) is 18.2 Å². The number of thioether (sulfide) groups is 1. The molecule has 5 heteroatoms. The van der Waals surface area contributed by atoms with Gasteiger partial charge in [0, 0.05) is 30.4 Å². The first-order valence-corrected chi connectivity index (χ1v) is 7.23. The van der Waals surface area contributed by atoms with Crippen molar-refractivity contribution in [1.82, 2.24) is 4.90 Å². The summed E-state index contributed by atoms with van der Waals surface area (Å²) in [5.41, 5.74) is 6.40. The molecule has 2 atom stereocenters. The van der Waals surface area contributed by atoms with Crippen LogP contribution in [0.1, 0.15) is 18.0 Å². The lowest BCUT2D eigenvalue weighted by atomic mass is 10.0. The van der Waals surface area contributed by atoms with E-state index in [1.54, 1.807) is 0 Å². The fraction of sp³-hybridized carbons (Fsp3) is 0.538. The minimum Gasteiger partial charge on any atom is -0.329 e. The number of likely N-dealkylation sites (N-methyl/N-ethyl adjacent to an activating group) is 1. The number of nitrogens with two attached hydrogens (primary N) is 1. The third kappa shape index (κ3) is 3.02. The van der Waals surface area contributed by atoms with Gasteiger partial charge in [0.25, 0.3) is 0 Å². The third-order valence-electron chi connectivity index (χ3n) is 3.47. The number of hydrogen-bond donors (Lipinski definition) is 1. The normalized spacial score (nSPS) is 21.5. The van der Waals surface area contributed by atoms with E-state index in [1.165, 1.54) is 12.1 Å². The Bertz CT molecular complexity index is 388. The molecule has 0 aliphatic carbocycles. The zero-order chi connectivity index (χ0) is 13.1. The van der Waals surface area contributed by atoms with Crippen LogP contribution in [0.15, 0.2) is 18.2 Å². The zero-order valence-corrected chi connectivity index (χ0v) is 11.2. The highest BCUT2D eigenvalue weighted by molar-refractivity contribution is 7.99. The largest absolute Gasteiger partial charge is 0.329 e. The van der Waals surface area contributed by atoms with Crippen LogP contribution in [-0.2, 0) is 0 Å². The maximum Gasteiger partial charge on any atom is 0.126 e. The van der Waals surface area contributed by atoms with E-state index >= 15 is 0 Å². The summed E-state index contributed by atoms with van der Waals surface area (Å²) in [7, 11) is 1.98. The van der Waals surface area contributed by atoms with Crippen LogP contribution in [-0.4, -0.2) is 36.0 Å². The van der Waals surface area contributed by atoms with E-state index in [0.717, 1.165) is 24.0 Å². The Morgan fingerprint density at radius 2 is 2.06 bits per heavy atom. The van der Waals surface area contributed by atoms with Gasteiger partial charge in [-0.05, 0) is 36.9 Å². The highest BCUT2D eigenvalue weighted by atomic mass is 32.2. The Morgan fingerprint density at radius 3 is 2.56 bits per heavy atom. The molecule has 2 rings (SSSR count). The van der Waals surface area contributed by atoms with Crippen LogP contribution in [0.4, 0.5) is 8.78 Å². The summed E-state index contributed by atoms with van der Waals surface area (Å²) in [4.78, 5) is 2.15. The first-order valence-electron chi connectivity index (χ1n) is 6.07. The monoisotopic (exact) mass is 272 g/mol. The van der Waals surface area contributed by atoms with Crippen molar-refractivity contribution in [3.63, 3.8) is 0 Å². The summed E-state index contributed by atoms with van der Waals surface area (Å²) in [6.07, 6.45) is 1.11. The first-order chi connectivity index (χ1) is 8.61. The Balaban J connectivity index is 2.20. The van der Waals surface area contributed by atoms with E-state index in [9.17, 15) is 8.78 Å². The summed E-state index contributed by atoms with van der Waals surface area (Å²) in [5, 5.41) is 0. The third-order valence-corrected chi connectivity index (χ3v) is 4.61. The maximum absolute atomic E-state index is 13.3. The van der Waals surface area contributed by atoms with Crippen molar-refractivity contribution in [2.45, 2.75) is 18.5 Å². The Hall–Kier alpha value is -0.650. The molecule has 0 radical (unpaired) electrons. The average molecular weight is 272 g/mol. The van der Waals surface area contributed by atoms with E-state index in [-0.39, 0.29) is 6.04 Å². The molecular formula is C13H18F2N2S. The van der Waals surface area contributed by atoms with Crippen LogP contribution in [0.5, 0.6) is 0 Å². The number of hydrogen-bond acceptors (Lipinski definition) is 3. The van der Waals surface area contributed by atoms with E-state index in [2.05, 4.69) is 4.90 Å². The van der Waals surface area contributed by atoms with Gasteiger partial charge in [0.2, 0.25) is 0 Å². The fourth-order valence-electron chi connectivity index (χ4n) is 2.40. The topological polar surface area (TPSA) is 29.3 Å². The van der Waals surface area contributed by atoms with Crippen molar-refractivity contribution < 1.29 is 8.78 Å². The van der Waals surface area contributed by atoms with E-state index in [4.69, 9.17) is 5.73 Å². The molecule has 100 valence electrons. The van der Waals surface area contributed by atoms with E-state index < -0.39 is 11.6 Å². The highest BCUT2D eigenvalue weighted by Gasteiger charge is 2.26. The second kappa shape index (κ2) is 5.99. The molecule has 0 bridgehead atoms. The smallest absolute Gasteiger partial charge is 0.126 e. The minimum atomic E-state index is -0.544. The quantitative estimate of drug-likeness (QED) is 0.912. The zero-order valence-electron chi connectivity index (χ0n) is 10.4. The van der Waals surface area contributed by atoms with Crippen LogP contribution in [0, 0.1) is 11.6 Å². The molecule has 1 fully saturated rings. The van der Waals surface area contributed by atoms with Gasteiger partial charge in [-0.25, -0.2) is 8.78 Å². The van der Waals surface area contributed by atoms with Crippen LogP contribution in [0.2, 0.25) is 0 Å². The second-order valence-corrected chi connectivity index (χ2v) is 5.79. The molecule has 1 heterocycles. The van der Waals surface area contributed by atoms with Gasteiger partial charge in [-0.1, -0.05) is 0 Å². The van der Waals surface area contributed by atoms with Gasteiger partial charge in [-0.15, -0.1) is 0 Å². The summed E-state index contributed by atoms with van der Waals surface area (Å²) in [6.45, 7) is 0.362. The van der Waals surface area contributed by atoms with Crippen LogP contribution >= 0.6 is 11.8 Å². The second-order valence-electron chi connectivity index (χ2n) is 4.64. The summed E-state index contributed by atoms with van der Waals surface area (Å²) in [6, 6.07) is 3.95. The summed E-state index contributed by atoms with van der Waals surface area (Å²) in [5.74, 6) is 1.12. The molecule has 1 aliphatic rings. The van der Waals surface area contributed by atoms with E-state index in [1.807, 2.05) is 18.8 Å². The van der Waals surface area contributed by atoms with Crippen molar-refractivity contribution in [1.29, 1.82) is 0 Å². The number of halogens is 2. The minimum absolute atomic E-state index is 0.126. The summed E-state index contributed by atoms with van der Waals surface area (Å²) >= 11 is 1.91. The first kappa shape index (κ1) is 13.8. The molecule has 0 spiro atoms. The molecule has 1 saturated heterocycles. The van der Waals surface area contributed by atoms with Gasteiger partial charge < -0.3 is 5.73 Å². The fourth-order valence-corrected chi connectivity index (χ4v) is 3.68. The van der Waals surface area contributed by atoms with Crippen molar-refractivity contribution in [2.24, 2.45) is 5.73 Å². The molecule has 1 aromatic rings.